The molecule has 0 unspecified atom stereocenters. The second-order valence-electron chi connectivity index (χ2n) is 7.81. The number of halogens is 4. The summed E-state index contributed by atoms with van der Waals surface area (Å²) in [6, 6.07) is 5.90. The highest BCUT2D eigenvalue weighted by Gasteiger charge is 2.30. The molecule has 5 nitrogen and oxygen atoms in total. The van der Waals surface area contributed by atoms with Crippen molar-refractivity contribution in [3.63, 3.8) is 0 Å². The summed E-state index contributed by atoms with van der Waals surface area (Å²) in [6.45, 7) is 3.85. The number of ether oxygens (including phenoxy) is 1. The van der Waals surface area contributed by atoms with Crippen molar-refractivity contribution in [2.45, 2.75) is 26.3 Å². The zero-order chi connectivity index (χ0) is 23.0. The van der Waals surface area contributed by atoms with Gasteiger partial charge in [0.15, 0.2) is 0 Å². The highest BCUT2D eigenvalue weighted by molar-refractivity contribution is 7.71. The first kappa shape index (κ1) is 22.7. The topological polar surface area (TPSA) is 64.1 Å². The quantitative estimate of drug-likeness (QED) is 0.405. The molecule has 1 aliphatic rings. The average molecular weight is 467 g/mol. The summed E-state index contributed by atoms with van der Waals surface area (Å²) in [4.78, 5) is 8.50. The Balaban J connectivity index is 1.79. The van der Waals surface area contributed by atoms with Crippen molar-refractivity contribution in [1.82, 2.24) is 9.97 Å². The van der Waals surface area contributed by atoms with Crippen molar-refractivity contribution in [2.75, 3.05) is 30.9 Å². The Bertz CT molecular complexity index is 1210. The maximum atomic E-state index is 15.0. The fourth-order valence-corrected chi connectivity index (χ4v) is 6.18. The van der Waals surface area contributed by atoms with Gasteiger partial charge in [-0.3, -0.25) is 0 Å². The van der Waals surface area contributed by atoms with Crippen LogP contribution in [0.15, 0.2) is 30.3 Å². The number of anilines is 1. The summed E-state index contributed by atoms with van der Waals surface area (Å²) in [6.07, 6.45) is -2.32. The fourth-order valence-electron chi connectivity index (χ4n) is 3.88. The third-order valence-corrected chi connectivity index (χ3v) is 8.64. The normalized spacial score (nSPS) is 17.0. The molecule has 1 aromatic heterocycles. The fraction of sp³-hybridized carbons (Fsp3) is 0.364. The Morgan fingerprint density at radius 2 is 1.78 bits per heavy atom. The van der Waals surface area contributed by atoms with E-state index in [-0.39, 0.29) is 22.7 Å². The van der Waals surface area contributed by atoms with Gasteiger partial charge in [0.2, 0.25) is 0 Å². The molecule has 170 valence electrons. The van der Waals surface area contributed by atoms with E-state index in [0.29, 0.717) is 36.2 Å². The zero-order valence-electron chi connectivity index (χ0n) is 17.5. The lowest BCUT2D eigenvalue weighted by Crippen LogP contribution is -2.23. The Kier molecular flexibility index (Phi) is 6.23. The van der Waals surface area contributed by atoms with Gasteiger partial charge in [0.05, 0.1) is 24.8 Å². The largest absolute Gasteiger partial charge is 0.380 e. The van der Waals surface area contributed by atoms with Crippen LogP contribution in [0.2, 0.25) is 0 Å². The lowest BCUT2D eigenvalue weighted by molar-refractivity contribution is 0.146. The highest BCUT2D eigenvalue weighted by atomic mass is 31.2. The minimum absolute atomic E-state index is 0.0288. The second-order valence-corrected chi connectivity index (χ2v) is 11.0. The van der Waals surface area contributed by atoms with E-state index in [1.54, 1.807) is 19.9 Å². The molecule has 2 heterocycles. The van der Waals surface area contributed by atoms with Crippen LogP contribution in [0.4, 0.5) is 23.4 Å². The minimum atomic E-state index is -2.95. The molecule has 0 spiro atoms. The van der Waals surface area contributed by atoms with E-state index >= 15 is 0 Å². The van der Waals surface area contributed by atoms with Crippen LogP contribution < -0.4 is 10.6 Å². The molecule has 0 aliphatic carbocycles. The number of alkyl halides is 2. The number of nitrogens with zero attached hydrogens (tertiary/aromatic N) is 2. The maximum Gasteiger partial charge on any atom is 0.266 e. The summed E-state index contributed by atoms with van der Waals surface area (Å²) in [7, 11) is -2.84. The third-order valence-electron chi connectivity index (χ3n) is 5.63. The summed E-state index contributed by atoms with van der Waals surface area (Å²) in [5, 5.41) is 3.67. The molecule has 1 atom stereocenters. The van der Waals surface area contributed by atoms with Crippen LogP contribution >= 0.6 is 7.14 Å². The first-order valence-electron chi connectivity index (χ1n) is 10.2. The SMILES string of the molecule is Cc1nc(N[C@H](C)c2cccc(C(F)F)c2F)c2cc(P3(=O)CCOCC3)cc(F)c2n1. The van der Waals surface area contributed by atoms with Crippen LogP contribution in [0.5, 0.6) is 0 Å². The first-order chi connectivity index (χ1) is 15.2. The summed E-state index contributed by atoms with van der Waals surface area (Å²) >= 11 is 0. The lowest BCUT2D eigenvalue weighted by Gasteiger charge is -2.24. The number of aryl methyl sites for hydroxylation is 1. The van der Waals surface area contributed by atoms with Gasteiger partial charge in [-0.05, 0) is 26.0 Å². The average Bonchev–Trinajstić information content (AvgIpc) is 2.74. The van der Waals surface area contributed by atoms with E-state index in [1.807, 2.05) is 0 Å². The molecular weight excluding hydrogens is 445 g/mol. The van der Waals surface area contributed by atoms with Crippen LogP contribution in [-0.2, 0) is 9.30 Å². The van der Waals surface area contributed by atoms with Crippen LogP contribution in [0, 0.1) is 18.6 Å². The summed E-state index contributed by atoms with van der Waals surface area (Å²) in [5.74, 6) is -1.15. The second kappa shape index (κ2) is 8.79. The number of hydrogen-bond acceptors (Lipinski definition) is 5. The molecule has 1 aliphatic heterocycles. The van der Waals surface area contributed by atoms with E-state index in [0.717, 1.165) is 6.07 Å². The van der Waals surface area contributed by atoms with Gasteiger partial charge >= 0.3 is 0 Å². The number of benzene rings is 2. The van der Waals surface area contributed by atoms with Crippen molar-refractivity contribution < 1.29 is 26.9 Å². The van der Waals surface area contributed by atoms with Crippen molar-refractivity contribution >= 4 is 29.2 Å². The zero-order valence-corrected chi connectivity index (χ0v) is 18.4. The van der Waals surface area contributed by atoms with Crippen molar-refractivity contribution in [3.8, 4) is 0 Å². The van der Waals surface area contributed by atoms with E-state index < -0.39 is 36.8 Å². The van der Waals surface area contributed by atoms with Gasteiger partial charge in [-0.1, -0.05) is 18.2 Å². The molecule has 10 heteroatoms. The molecule has 1 fully saturated rings. The predicted molar refractivity (Wildman–Crippen MR) is 115 cm³/mol. The van der Waals surface area contributed by atoms with E-state index in [4.69, 9.17) is 4.74 Å². The molecule has 0 bridgehead atoms. The van der Waals surface area contributed by atoms with E-state index in [1.165, 1.54) is 18.2 Å². The molecule has 32 heavy (non-hydrogen) atoms. The van der Waals surface area contributed by atoms with Crippen molar-refractivity contribution in [1.29, 1.82) is 0 Å². The molecule has 1 saturated heterocycles. The Labute approximate surface area is 182 Å². The standard InChI is InChI=1S/C22H22F4N3O2P/c1-12(15-4-3-5-16(19(15)24)21(25)26)27-22-17-10-14(32(30)8-6-31-7-9-32)11-18(23)20(17)28-13(2)29-22/h3-5,10-12,21H,6-9H2,1-2H3,(H,27,28,29)/t12-/m1/s1. The number of hydrogen-bond donors (Lipinski definition) is 1. The van der Waals surface area contributed by atoms with Gasteiger partial charge in [0.1, 0.15) is 35.9 Å². The Morgan fingerprint density at radius 3 is 2.47 bits per heavy atom. The Morgan fingerprint density at radius 1 is 1.09 bits per heavy atom. The third kappa shape index (κ3) is 4.24. The Hall–Kier alpha value is -2.51. The number of rotatable bonds is 5. The van der Waals surface area contributed by atoms with Gasteiger partial charge in [0, 0.05) is 28.6 Å². The lowest BCUT2D eigenvalue weighted by atomic mass is 10.0. The summed E-state index contributed by atoms with van der Waals surface area (Å²) < 4.78 is 74.5. The minimum Gasteiger partial charge on any atom is -0.380 e. The molecule has 4 rings (SSSR count). The molecule has 1 N–H and O–H groups in total. The smallest absolute Gasteiger partial charge is 0.266 e. The van der Waals surface area contributed by atoms with Crippen LogP contribution in [0.1, 0.15) is 36.3 Å². The molecular formula is C22H22F4N3O2P. The van der Waals surface area contributed by atoms with Gasteiger partial charge < -0.3 is 14.6 Å². The first-order valence-corrected chi connectivity index (χ1v) is 12.2. The number of aromatic nitrogens is 2. The molecule has 2 aromatic carbocycles. The van der Waals surface area contributed by atoms with Crippen LogP contribution in [0.25, 0.3) is 10.9 Å². The highest BCUT2D eigenvalue weighted by Crippen LogP contribution is 2.46. The maximum absolute atomic E-state index is 15.0. The van der Waals surface area contributed by atoms with Crippen molar-refractivity contribution in [2.24, 2.45) is 0 Å². The van der Waals surface area contributed by atoms with Gasteiger partial charge in [0.25, 0.3) is 6.43 Å². The van der Waals surface area contributed by atoms with Gasteiger partial charge in [-0.25, -0.2) is 27.5 Å². The monoisotopic (exact) mass is 467 g/mol. The predicted octanol–water partition coefficient (Wildman–Crippen LogP) is 5.35. The number of fused-ring (bicyclic) bond motifs is 1. The molecule has 3 aromatic rings. The van der Waals surface area contributed by atoms with Gasteiger partial charge in [-0.15, -0.1) is 0 Å². The van der Waals surface area contributed by atoms with Gasteiger partial charge in [-0.2, -0.15) is 0 Å². The molecule has 0 amide bonds. The number of nitrogens with one attached hydrogen (secondary N) is 1. The van der Waals surface area contributed by atoms with E-state index in [2.05, 4.69) is 15.3 Å². The molecule has 0 radical (unpaired) electrons. The van der Waals surface area contributed by atoms with Crippen molar-refractivity contribution in [3.05, 3.63) is 58.9 Å². The van der Waals surface area contributed by atoms with E-state index in [9.17, 15) is 22.1 Å². The van der Waals surface area contributed by atoms with Crippen LogP contribution in [0.3, 0.4) is 0 Å². The summed E-state index contributed by atoms with van der Waals surface area (Å²) in [5.41, 5.74) is -0.621. The van der Waals surface area contributed by atoms with Crippen LogP contribution in [-0.4, -0.2) is 35.5 Å². The molecule has 0 saturated carbocycles.